The number of para-hydroxylation sites is 1. The highest BCUT2D eigenvalue weighted by atomic mass is 32.2. The van der Waals surface area contributed by atoms with Crippen LogP contribution in [-0.4, -0.2) is 18.9 Å². The molecule has 0 atom stereocenters. The van der Waals surface area contributed by atoms with Gasteiger partial charge < -0.3 is 9.88 Å². The standard InChI is InChI=1S/C26H26N2O3S/c1-3-20-12-14-22(15-13-20)27-26(29)17-28-16-25(23-10-6-7-11-24(23)28)32(30,31)18-21-9-5-4-8-19(21)2/h4-16H,3,17-18H2,1-2H3,(H,27,29). The molecule has 0 radical (unpaired) electrons. The van der Waals surface area contributed by atoms with Crippen LogP contribution in [0.4, 0.5) is 5.69 Å². The third-order valence-corrected chi connectivity index (χ3v) is 7.34. The van der Waals surface area contributed by atoms with Crippen LogP contribution in [0.1, 0.15) is 23.6 Å². The maximum atomic E-state index is 13.3. The van der Waals surface area contributed by atoms with Gasteiger partial charge in [0.1, 0.15) is 6.54 Å². The number of carbonyl (C=O) groups is 1. The second kappa shape index (κ2) is 9.01. The Kier molecular flexibility index (Phi) is 6.15. The summed E-state index contributed by atoms with van der Waals surface area (Å²) in [5.74, 6) is -0.290. The highest BCUT2D eigenvalue weighted by Gasteiger charge is 2.23. The molecule has 32 heavy (non-hydrogen) atoms. The van der Waals surface area contributed by atoms with E-state index in [0.29, 0.717) is 10.9 Å². The Morgan fingerprint density at radius 3 is 2.34 bits per heavy atom. The maximum Gasteiger partial charge on any atom is 0.244 e. The van der Waals surface area contributed by atoms with E-state index in [2.05, 4.69) is 12.2 Å². The van der Waals surface area contributed by atoms with Crippen LogP contribution < -0.4 is 5.32 Å². The minimum atomic E-state index is -3.60. The van der Waals surface area contributed by atoms with Crippen molar-refractivity contribution in [2.24, 2.45) is 0 Å². The largest absolute Gasteiger partial charge is 0.337 e. The number of sulfone groups is 1. The van der Waals surface area contributed by atoms with E-state index in [-0.39, 0.29) is 23.1 Å². The summed E-state index contributed by atoms with van der Waals surface area (Å²) in [6.07, 6.45) is 2.52. The van der Waals surface area contributed by atoms with Gasteiger partial charge in [-0.2, -0.15) is 0 Å². The third-order valence-electron chi connectivity index (χ3n) is 5.65. The van der Waals surface area contributed by atoms with Crippen LogP contribution >= 0.6 is 0 Å². The van der Waals surface area contributed by atoms with E-state index in [1.54, 1.807) is 16.8 Å². The summed E-state index contributed by atoms with van der Waals surface area (Å²) in [6, 6.07) is 22.5. The number of hydrogen-bond donors (Lipinski definition) is 1. The van der Waals surface area contributed by atoms with Gasteiger partial charge in [0.05, 0.1) is 10.6 Å². The number of rotatable bonds is 7. The van der Waals surface area contributed by atoms with Crippen LogP contribution in [0.15, 0.2) is 83.9 Å². The Bertz CT molecular complexity index is 1370. The second-order valence-electron chi connectivity index (χ2n) is 7.92. The zero-order valence-corrected chi connectivity index (χ0v) is 19.0. The number of benzene rings is 3. The van der Waals surface area contributed by atoms with E-state index in [1.807, 2.05) is 73.7 Å². The molecule has 0 aliphatic carbocycles. The van der Waals surface area contributed by atoms with Gasteiger partial charge in [-0.15, -0.1) is 0 Å². The molecule has 1 aromatic heterocycles. The Morgan fingerprint density at radius 1 is 0.938 bits per heavy atom. The van der Waals surface area contributed by atoms with Crippen LogP contribution in [0.2, 0.25) is 0 Å². The summed E-state index contributed by atoms with van der Waals surface area (Å²) in [5, 5.41) is 3.52. The van der Waals surface area contributed by atoms with Gasteiger partial charge in [0.15, 0.2) is 9.84 Å². The summed E-state index contributed by atoms with van der Waals surface area (Å²) in [5.41, 5.74) is 4.34. The quantitative estimate of drug-likeness (QED) is 0.428. The highest BCUT2D eigenvalue weighted by Crippen LogP contribution is 2.28. The first-order valence-corrected chi connectivity index (χ1v) is 12.3. The van der Waals surface area contributed by atoms with Gasteiger partial charge in [0, 0.05) is 22.8 Å². The molecule has 3 aromatic carbocycles. The average molecular weight is 447 g/mol. The molecule has 0 spiro atoms. The lowest BCUT2D eigenvalue weighted by Crippen LogP contribution is -2.18. The Morgan fingerprint density at radius 2 is 1.62 bits per heavy atom. The fourth-order valence-electron chi connectivity index (χ4n) is 3.83. The van der Waals surface area contributed by atoms with E-state index in [9.17, 15) is 13.2 Å². The van der Waals surface area contributed by atoms with Crippen molar-refractivity contribution in [3.05, 3.63) is 95.7 Å². The van der Waals surface area contributed by atoms with Crippen LogP contribution in [0.5, 0.6) is 0 Å². The van der Waals surface area contributed by atoms with E-state index in [0.717, 1.165) is 23.2 Å². The molecule has 0 bridgehead atoms. The van der Waals surface area contributed by atoms with Crippen LogP contribution in [-0.2, 0) is 33.4 Å². The van der Waals surface area contributed by atoms with Gasteiger partial charge in [0.25, 0.3) is 0 Å². The molecule has 4 aromatic rings. The van der Waals surface area contributed by atoms with E-state index in [4.69, 9.17) is 0 Å². The molecule has 1 amide bonds. The topological polar surface area (TPSA) is 68.2 Å². The zero-order chi connectivity index (χ0) is 22.7. The first-order valence-electron chi connectivity index (χ1n) is 10.6. The van der Waals surface area contributed by atoms with Gasteiger partial charge in [-0.25, -0.2) is 8.42 Å². The molecule has 0 unspecified atom stereocenters. The number of aryl methyl sites for hydroxylation is 2. The van der Waals surface area contributed by atoms with Crippen molar-refractivity contribution in [3.63, 3.8) is 0 Å². The predicted molar refractivity (Wildman–Crippen MR) is 128 cm³/mol. The summed E-state index contributed by atoms with van der Waals surface area (Å²) >= 11 is 0. The highest BCUT2D eigenvalue weighted by molar-refractivity contribution is 7.90. The summed E-state index contributed by atoms with van der Waals surface area (Å²) in [4.78, 5) is 12.9. The molecule has 5 nitrogen and oxygen atoms in total. The fourth-order valence-corrected chi connectivity index (χ4v) is 5.51. The molecule has 0 saturated carbocycles. The molecule has 0 saturated heterocycles. The number of anilines is 1. The predicted octanol–water partition coefficient (Wildman–Crippen LogP) is 5.12. The number of nitrogens with one attached hydrogen (secondary N) is 1. The van der Waals surface area contributed by atoms with Gasteiger partial charge in [-0.1, -0.05) is 61.5 Å². The Labute approximate surface area is 188 Å². The summed E-state index contributed by atoms with van der Waals surface area (Å²) in [6.45, 7) is 4.01. The third kappa shape index (κ3) is 4.60. The van der Waals surface area contributed by atoms with E-state index < -0.39 is 9.84 Å². The zero-order valence-electron chi connectivity index (χ0n) is 18.2. The Balaban J connectivity index is 1.62. The van der Waals surface area contributed by atoms with Crippen molar-refractivity contribution >= 4 is 32.3 Å². The van der Waals surface area contributed by atoms with Crippen molar-refractivity contribution < 1.29 is 13.2 Å². The molecular weight excluding hydrogens is 420 g/mol. The second-order valence-corrected chi connectivity index (χ2v) is 9.88. The fraction of sp³-hybridized carbons (Fsp3) is 0.192. The molecule has 0 aliphatic heterocycles. The van der Waals surface area contributed by atoms with Gasteiger partial charge in [0.2, 0.25) is 5.91 Å². The first-order chi connectivity index (χ1) is 15.4. The van der Waals surface area contributed by atoms with Crippen molar-refractivity contribution in [2.75, 3.05) is 5.32 Å². The molecule has 1 heterocycles. The van der Waals surface area contributed by atoms with Crippen LogP contribution in [0.25, 0.3) is 10.9 Å². The van der Waals surface area contributed by atoms with Crippen molar-refractivity contribution in [3.8, 4) is 0 Å². The lowest BCUT2D eigenvalue weighted by Gasteiger charge is -2.08. The van der Waals surface area contributed by atoms with Crippen LogP contribution in [0.3, 0.4) is 0 Å². The number of aromatic nitrogens is 1. The van der Waals surface area contributed by atoms with E-state index in [1.165, 1.54) is 5.56 Å². The molecule has 1 N–H and O–H groups in total. The number of carbonyl (C=O) groups excluding carboxylic acids is 1. The normalized spacial score (nSPS) is 11.6. The number of amides is 1. The number of fused-ring (bicyclic) bond motifs is 1. The summed E-state index contributed by atoms with van der Waals surface area (Å²) < 4.78 is 28.3. The van der Waals surface area contributed by atoms with Crippen molar-refractivity contribution in [1.82, 2.24) is 4.57 Å². The SMILES string of the molecule is CCc1ccc(NC(=O)Cn2cc(S(=O)(=O)Cc3ccccc3C)c3ccccc32)cc1. The average Bonchev–Trinajstić information content (AvgIpc) is 3.15. The minimum absolute atomic E-state index is 0.0237. The molecule has 0 fully saturated rings. The number of hydrogen-bond acceptors (Lipinski definition) is 3. The minimum Gasteiger partial charge on any atom is -0.337 e. The van der Waals surface area contributed by atoms with Crippen molar-refractivity contribution in [2.45, 2.75) is 37.5 Å². The van der Waals surface area contributed by atoms with Crippen LogP contribution in [0, 0.1) is 6.92 Å². The maximum absolute atomic E-state index is 13.3. The van der Waals surface area contributed by atoms with E-state index >= 15 is 0 Å². The van der Waals surface area contributed by atoms with Crippen molar-refractivity contribution in [1.29, 1.82) is 0 Å². The molecule has 4 rings (SSSR count). The van der Waals surface area contributed by atoms with Gasteiger partial charge in [-0.3, -0.25) is 4.79 Å². The molecule has 6 heteroatoms. The lowest BCUT2D eigenvalue weighted by atomic mass is 10.1. The van der Waals surface area contributed by atoms with Gasteiger partial charge in [-0.05, 0) is 48.2 Å². The Hall–Kier alpha value is -3.38. The monoisotopic (exact) mass is 446 g/mol. The molecular formula is C26H26N2O3S. The summed E-state index contributed by atoms with van der Waals surface area (Å²) in [7, 11) is -3.60. The first kappa shape index (κ1) is 21.8. The smallest absolute Gasteiger partial charge is 0.244 e. The molecule has 0 aliphatic rings. The lowest BCUT2D eigenvalue weighted by molar-refractivity contribution is -0.116. The molecule has 164 valence electrons. The number of nitrogens with zero attached hydrogens (tertiary/aromatic N) is 1. The van der Waals surface area contributed by atoms with Gasteiger partial charge >= 0.3 is 0 Å².